The third kappa shape index (κ3) is 1.90. The summed E-state index contributed by atoms with van der Waals surface area (Å²) < 4.78 is 26.0. The van der Waals surface area contributed by atoms with E-state index in [0.717, 1.165) is 6.42 Å². The van der Waals surface area contributed by atoms with Gasteiger partial charge in [-0.15, -0.1) is 0 Å². The Morgan fingerprint density at radius 1 is 1.53 bits per heavy atom. The quantitative estimate of drug-likeness (QED) is 0.750. The first-order valence-electron chi connectivity index (χ1n) is 5.17. The molecule has 0 aliphatic carbocycles. The van der Waals surface area contributed by atoms with Gasteiger partial charge in [0.1, 0.15) is 0 Å². The van der Waals surface area contributed by atoms with E-state index in [-0.39, 0.29) is 18.5 Å². The van der Waals surface area contributed by atoms with Crippen LogP contribution in [-0.2, 0) is 0 Å². The number of carbonyl (C=O) groups is 1. The highest BCUT2D eigenvalue weighted by Gasteiger charge is 2.52. The molecule has 2 N–H and O–H groups in total. The van der Waals surface area contributed by atoms with E-state index in [1.54, 1.807) is 4.90 Å². The number of fused-ring (bicyclic) bond motifs is 1. The highest BCUT2D eigenvalue weighted by Crippen LogP contribution is 2.36. The van der Waals surface area contributed by atoms with Gasteiger partial charge in [-0.2, -0.15) is 0 Å². The molecule has 2 aliphatic heterocycles. The largest absolute Gasteiger partial charge is 0.330 e. The Hall–Kier alpha value is -0.910. The smallest absolute Gasteiger partial charge is 0.320 e. The molecular weight excluding hydrogens is 204 g/mol. The number of hydrogen-bond acceptors (Lipinski definition) is 2. The van der Waals surface area contributed by atoms with Crippen LogP contribution in [0, 0.1) is 0 Å². The molecule has 2 saturated heterocycles. The van der Waals surface area contributed by atoms with Gasteiger partial charge in [-0.3, -0.25) is 0 Å². The molecule has 0 spiro atoms. The van der Waals surface area contributed by atoms with Gasteiger partial charge < -0.3 is 15.5 Å². The zero-order valence-corrected chi connectivity index (χ0v) is 8.46. The van der Waals surface area contributed by atoms with Crippen molar-refractivity contribution in [3.8, 4) is 0 Å². The number of rotatable bonds is 3. The van der Waals surface area contributed by atoms with Gasteiger partial charge in [-0.25, -0.2) is 13.6 Å². The van der Waals surface area contributed by atoms with Crippen LogP contribution in [0.5, 0.6) is 0 Å². The monoisotopic (exact) mass is 219 g/mol. The second-order valence-corrected chi connectivity index (χ2v) is 4.21. The predicted octanol–water partition coefficient (Wildman–Crippen LogP) is 0.480. The maximum absolute atomic E-state index is 13.0. The third-order valence-electron chi connectivity index (χ3n) is 2.96. The number of carbonyl (C=O) groups excluding carboxylic acids is 1. The van der Waals surface area contributed by atoms with E-state index in [0.29, 0.717) is 19.6 Å². The zero-order chi connectivity index (χ0) is 11.1. The fourth-order valence-corrected chi connectivity index (χ4v) is 2.27. The average Bonchev–Trinajstić information content (AvgIpc) is 2.58. The summed E-state index contributed by atoms with van der Waals surface area (Å²) in [7, 11) is 0. The Balaban J connectivity index is 1.96. The molecule has 0 aromatic rings. The number of nitrogens with zero attached hydrogens (tertiary/aromatic N) is 2. The average molecular weight is 219 g/mol. The summed E-state index contributed by atoms with van der Waals surface area (Å²) in [6, 6.07) is -0.559. The number of halogens is 2. The SMILES string of the molecule is NCCCN1C[C@@H]2CC(F)(F)CN2C1=O. The van der Waals surface area contributed by atoms with Gasteiger partial charge in [0.25, 0.3) is 5.92 Å². The van der Waals surface area contributed by atoms with Crippen molar-refractivity contribution in [1.29, 1.82) is 0 Å². The van der Waals surface area contributed by atoms with E-state index in [4.69, 9.17) is 5.73 Å². The summed E-state index contributed by atoms with van der Waals surface area (Å²) in [4.78, 5) is 14.6. The van der Waals surface area contributed by atoms with Gasteiger partial charge in [0, 0.05) is 19.5 Å². The highest BCUT2D eigenvalue weighted by atomic mass is 19.3. The van der Waals surface area contributed by atoms with E-state index in [1.807, 2.05) is 0 Å². The Bertz CT molecular complexity index is 272. The Morgan fingerprint density at radius 2 is 2.27 bits per heavy atom. The molecule has 2 heterocycles. The molecule has 0 saturated carbocycles. The van der Waals surface area contributed by atoms with Gasteiger partial charge in [0.05, 0.1) is 12.6 Å². The fraction of sp³-hybridized carbons (Fsp3) is 0.889. The summed E-state index contributed by atoms with van der Waals surface area (Å²) in [6.07, 6.45) is 0.528. The molecule has 15 heavy (non-hydrogen) atoms. The van der Waals surface area contributed by atoms with Crippen LogP contribution in [0.2, 0.25) is 0 Å². The van der Waals surface area contributed by atoms with Crippen LogP contribution in [0.25, 0.3) is 0 Å². The predicted molar refractivity (Wildman–Crippen MR) is 50.7 cm³/mol. The lowest BCUT2D eigenvalue weighted by atomic mass is 10.2. The van der Waals surface area contributed by atoms with Crippen molar-refractivity contribution in [3.05, 3.63) is 0 Å². The van der Waals surface area contributed by atoms with Gasteiger partial charge >= 0.3 is 6.03 Å². The summed E-state index contributed by atoms with van der Waals surface area (Å²) in [5.41, 5.74) is 5.34. The van der Waals surface area contributed by atoms with Crippen molar-refractivity contribution in [1.82, 2.24) is 9.80 Å². The topological polar surface area (TPSA) is 49.6 Å². The molecule has 86 valence electrons. The number of urea groups is 1. The van der Waals surface area contributed by atoms with Crippen LogP contribution in [0.4, 0.5) is 13.6 Å². The van der Waals surface area contributed by atoms with Crippen molar-refractivity contribution in [2.75, 3.05) is 26.2 Å². The van der Waals surface area contributed by atoms with Crippen molar-refractivity contribution < 1.29 is 13.6 Å². The van der Waals surface area contributed by atoms with Crippen molar-refractivity contribution in [2.24, 2.45) is 5.73 Å². The Kier molecular flexibility index (Phi) is 2.54. The minimum absolute atomic E-state index is 0.197. The maximum atomic E-state index is 13.0. The molecule has 1 atom stereocenters. The molecule has 0 unspecified atom stereocenters. The molecule has 0 bridgehead atoms. The Labute approximate surface area is 87.0 Å². The van der Waals surface area contributed by atoms with Crippen LogP contribution < -0.4 is 5.73 Å². The molecule has 2 fully saturated rings. The van der Waals surface area contributed by atoms with Gasteiger partial charge in [-0.1, -0.05) is 0 Å². The number of alkyl halides is 2. The van der Waals surface area contributed by atoms with Gasteiger partial charge in [0.2, 0.25) is 0 Å². The first kappa shape index (κ1) is 10.6. The van der Waals surface area contributed by atoms with Crippen LogP contribution in [-0.4, -0.2) is 54.0 Å². The van der Waals surface area contributed by atoms with Crippen LogP contribution in [0.15, 0.2) is 0 Å². The van der Waals surface area contributed by atoms with Crippen molar-refractivity contribution in [3.63, 3.8) is 0 Å². The minimum Gasteiger partial charge on any atom is -0.330 e. The molecule has 2 rings (SSSR count). The first-order chi connectivity index (χ1) is 7.03. The molecule has 4 nitrogen and oxygen atoms in total. The van der Waals surface area contributed by atoms with Crippen LogP contribution in [0.3, 0.4) is 0 Å². The molecule has 0 aromatic carbocycles. The molecule has 2 amide bonds. The van der Waals surface area contributed by atoms with Crippen molar-refractivity contribution in [2.45, 2.75) is 24.8 Å². The van der Waals surface area contributed by atoms with Crippen LogP contribution in [0.1, 0.15) is 12.8 Å². The third-order valence-corrected chi connectivity index (χ3v) is 2.96. The maximum Gasteiger partial charge on any atom is 0.320 e. The van der Waals surface area contributed by atoms with Crippen LogP contribution >= 0.6 is 0 Å². The molecule has 6 heteroatoms. The zero-order valence-electron chi connectivity index (χ0n) is 8.46. The normalized spacial score (nSPS) is 28.7. The van der Waals surface area contributed by atoms with Gasteiger partial charge in [-0.05, 0) is 13.0 Å². The minimum atomic E-state index is -2.69. The lowest BCUT2D eigenvalue weighted by molar-refractivity contribution is 0.0116. The van der Waals surface area contributed by atoms with E-state index in [9.17, 15) is 13.6 Å². The van der Waals surface area contributed by atoms with Crippen molar-refractivity contribution >= 4 is 6.03 Å². The summed E-state index contributed by atoms with van der Waals surface area (Å²) in [5, 5.41) is 0. The number of hydrogen-bond donors (Lipinski definition) is 1. The molecule has 0 aromatic heterocycles. The number of nitrogens with two attached hydrogens (primary N) is 1. The standard InChI is InChI=1S/C9H15F2N3O/c10-9(11)4-7-5-13(3-1-2-12)8(15)14(7)6-9/h7H,1-6,12H2/t7-/m0/s1. The summed E-state index contributed by atoms with van der Waals surface area (Å²) in [6.45, 7) is 1.10. The lowest BCUT2D eigenvalue weighted by Gasteiger charge is -2.18. The highest BCUT2D eigenvalue weighted by molar-refractivity contribution is 5.77. The van der Waals surface area contributed by atoms with E-state index >= 15 is 0 Å². The first-order valence-corrected chi connectivity index (χ1v) is 5.17. The van der Waals surface area contributed by atoms with E-state index in [2.05, 4.69) is 0 Å². The van der Waals surface area contributed by atoms with Gasteiger partial charge in [0.15, 0.2) is 0 Å². The van der Waals surface area contributed by atoms with E-state index < -0.39 is 12.5 Å². The molecule has 0 radical (unpaired) electrons. The van der Waals surface area contributed by atoms with E-state index in [1.165, 1.54) is 4.90 Å². The Morgan fingerprint density at radius 3 is 2.87 bits per heavy atom. The summed E-state index contributed by atoms with van der Waals surface area (Å²) in [5.74, 6) is -2.69. The summed E-state index contributed by atoms with van der Waals surface area (Å²) >= 11 is 0. The number of amides is 2. The second-order valence-electron chi connectivity index (χ2n) is 4.21. The fourth-order valence-electron chi connectivity index (χ4n) is 2.27. The molecule has 2 aliphatic rings. The molecular formula is C9H15F2N3O. The second kappa shape index (κ2) is 3.59. The lowest BCUT2D eigenvalue weighted by Crippen LogP contribution is -2.36.